The highest BCUT2D eigenvalue weighted by atomic mass is 79.9. The fourth-order valence-electron chi connectivity index (χ4n) is 3.35. The van der Waals surface area contributed by atoms with Gasteiger partial charge in [-0.05, 0) is 48.8 Å². The van der Waals surface area contributed by atoms with Gasteiger partial charge in [-0.1, -0.05) is 11.6 Å². The van der Waals surface area contributed by atoms with Crippen molar-refractivity contribution in [3.8, 4) is 5.75 Å². The Balaban J connectivity index is 1.86. The predicted molar refractivity (Wildman–Crippen MR) is 115 cm³/mol. The summed E-state index contributed by atoms with van der Waals surface area (Å²) in [4.78, 5) is 26.4. The number of aromatic nitrogens is 3. The quantitative estimate of drug-likeness (QED) is 0.482. The van der Waals surface area contributed by atoms with Gasteiger partial charge in [0.05, 0.1) is 19.3 Å². The molecule has 0 N–H and O–H groups in total. The number of hydrogen-bond acceptors (Lipinski definition) is 5. The average molecular weight is 488 g/mol. The number of hydrogen-bond donors (Lipinski definition) is 0. The Morgan fingerprint density at radius 2 is 2.23 bits per heavy atom. The van der Waals surface area contributed by atoms with Crippen molar-refractivity contribution in [1.82, 2.24) is 14.4 Å². The number of anilines is 1. The molecule has 3 aromatic rings. The van der Waals surface area contributed by atoms with Crippen LogP contribution in [-0.2, 0) is 17.7 Å². The van der Waals surface area contributed by atoms with E-state index in [9.17, 15) is 9.18 Å². The van der Waals surface area contributed by atoms with Crippen molar-refractivity contribution < 1.29 is 18.7 Å². The molecule has 8 nitrogen and oxygen atoms in total. The normalized spacial score (nSPS) is 12.9. The van der Waals surface area contributed by atoms with Gasteiger partial charge in [0, 0.05) is 23.7 Å². The average Bonchev–Trinajstić information content (AvgIpc) is 3.34. The summed E-state index contributed by atoms with van der Waals surface area (Å²) in [6.07, 6.45) is 2.80. The zero-order valence-corrected chi connectivity index (χ0v) is 18.7. The van der Waals surface area contributed by atoms with Crippen molar-refractivity contribution in [3.05, 3.63) is 57.4 Å². The molecule has 0 saturated carbocycles. The van der Waals surface area contributed by atoms with Crippen molar-refractivity contribution in [2.45, 2.75) is 39.3 Å². The summed E-state index contributed by atoms with van der Waals surface area (Å²) in [6.45, 7) is 12.8. The Hall–Kier alpha value is -3.19. The second-order valence-electron chi connectivity index (χ2n) is 7.98. The molecule has 1 aliphatic rings. The van der Waals surface area contributed by atoms with Crippen LogP contribution in [-0.4, -0.2) is 32.7 Å². The molecule has 0 bridgehead atoms. The van der Waals surface area contributed by atoms with Crippen molar-refractivity contribution in [2.75, 3.05) is 11.5 Å². The number of imidazole rings is 1. The van der Waals surface area contributed by atoms with Gasteiger partial charge in [-0.25, -0.2) is 19.1 Å². The molecule has 31 heavy (non-hydrogen) atoms. The van der Waals surface area contributed by atoms with Crippen LogP contribution in [0.15, 0.2) is 29.0 Å². The molecule has 3 heterocycles. The standard InChI is InChI=1S/C21H19BrFN5O3/c1-21(2,3)31-20(29)28(10-13-12-7-8-30-16(12)6-5-15(13)23)19-25-9-14(22)18-26-17(24-4)11-27(18)19/h5-6,9,11H,7-8,10H2,1-3H3. The van der Waals surface area contributed by atoms with E-state index in [1.54, 1.807) is 26.8 Å². The number of fused-ring (bicyclic) bond motifs is 2. The number of carbonyl (C=O) groups excluding carboxylic acids is 1. The smallest absolute Gasteiger partial charge is 0.417 e. The highest BCUT2D eigenvalue weighted by Gasteiger charge is 2.30. The van der Waals surface area contributed by atoms with Crippen molar-refractivity contribution in [2.24, 2.45) is 0 Å². The lowest BCUT2D eigenvalue weighted by Crippen LogP contribution is -2.38. The zero-order valence-electron chi connectivity index (χ0n) is 17.1. The van der Waals surface area contributed by atoms with Crippen LogP contribution in [0.5, 0.6) is 5.75 Å². The molecule has 0 aliphatic carbocycles. The molecule has 0 saturated heterocycles. The summed E-state index contributed by atoms with van der Waals surface area (Å²) < 4.78 is 28.0. The lowest BCUT2D eigenvalue weighted by atomic mass is 10.0. The Morgan fingerprint density at radius 3 is 2.94 bits per heavy atom. The molecule has 1 aromatic carbocycles. The molecule has 1 amide bonds. The predicted octanol–water partition coefficient (Wildman–Crippen LogP) is 5.06. The van der Waals surface area contributed by atoms with Crippen LogP contribution < -0.4 is 9.64 Å². The minimum absolute atomic E-state index is 0.122. The minimum Gasteiger partial charge on any atom is -0.493 e. The molecule has 0 atom stereocenters. The largest absolute Gasteiger partial charge is 0.493 e. The molecule has 0 fully saturated rings. The van der Waals surface area contributed by atoms with Crippen LogP contribution in [0.3, 0.4) is 0 Å². The summed E-state index contributed by atoms with van der Waals surface area (Å²) in [5.41, 5.74) is 0.686. The molecule has 1 aliphatic heterocycles. The van der Waals surface area contributed by atoms with E-state index in [-0.39, 0.29) is 18.3 Å². The lowest BCUT2D eigenvalue weighted by molar-refractivity contribution is 0.0574. The number of benzene rings is 1. The second kappa shape index (κ2) is 7.81. The third-order valence-corrected chi connectivity index (χ3v) is 5.20. The first-order chi connectivity index (χ1) is 14.7. The van der Waals surface area contributed by atoms with Gasteiger partial charge in [0.25, 0.3) is 5.82 Å². The first kappa shape index (κ1) is 21.1. The molecule has 0 unspecified atom stereocenters. The molecule has 2 aromatic heterocycles. The van der Waals surface area contributed by atoms with Gasteiger partial charge in [-0.15, -0.1) is 0 Å². The van der Waals surface area contributed by atoms with E-state index in [4.69, 9.17) is 16.0 Å². The lowest BCUT2D eigenvalue weighted by Gasteiger charge is -2.27. The van der Waals surface area contributed by atoms with E-state index in [1.807, 2.05) is 0 Å². The van der Waals surface area contributed by atoms with E-state index in [0.29, 0.717) is 34.5 Å². The molecule has 160 valence electrons. The monoisotopic (exact) mass is 487 g/mol. The summed E-state index contributed by atoms with van der Waals surface area (Å²) in [7, 11) is 0. The molecular formula is C21H19BrFN5O3. The molecule has 10 heteroatoms. The van der Waals surface area contributed by atoms with Crippen LogP contribution in [0.4, 0.5) is 21.0 Å². The highest BCUT2D eigenvalue weighted by molar-refractivity contribution is 9.10. The van der Waals surface area contributed by atoms with Crippen LogP contribution in [0.25, 0.3) is 10.5 Å². The maximum atomic E-state index is 14.8. The molecular weight excluding hydrogens is 469 g/mol. The topological polar surface area (TPSA) is 73.3 Å². The third-order valence-electron chi connectivity index (χ3n) is 4.64. The van der Waals surface area contributed by atoms with Gasteiger partial charge < -0.3 is 14.3 Å². The van der Waals surface area contributed by atoms with Gasteiger partial charge in [0.2, 0.25) is 11.6 Å². The Bertz CT molecular complexity index is 1230. The van der Waals surface area contributed by atoms with Crippen molar-refractivity contribution >= 4 is 39.4 Å². The number of halogens is 2. The van der Waals surface area contributed by atoms with Gasteiger partial charge in [0.1, 0.15) is 21.6 Å². The van der Waals surface area contributed by atoms with Gasteiger partial charge >= 0.3 is 6.09 Å². The number of carbonyl (C=O) groups is 1. The zero-order chi connectivity index (χ0) is 22.3. The summed E-state index contributed by atoms with van der Waals surface area (Å²) >= 11 is 3.37. The second-order valence-corrected chi connectivity index (χ2v) is 8.83. The Morgan fingerprint density at radius 1 is 1.45 bits per heavy atom. The number of nitrogens with zero attached hydrogens (tertiary/aromatic N) is 5. The number of rotatable bonds is 3. The third kappa shape index (κ3) is 4.05. The summed E-state index contributed by atoms with van der Waals surface area (Å²) in [5, 5.41) is 0. The van der Waals surface area contributed by atoms with Crippen LogP contribution in [0, 0.1) is 12.4 Å². The van der Waals surface area contributed by atoms with Gasteiger partial charge in [0.15, 0.2) is 0 Å². The van der Waals surface area contributed by atoms with E-state index in [2.05, 4.69) is 30.7 Å². The van der Waals surface area contributed by atoms with Crippen LogP contribution in [0.2, 0.25) is 0 Å². The van der Waals surface area contributed by atoms with Gasteiger partial charge in [-0.3, -0.25) is 4.40 Å². The Kier molecular flexibility index (Phi) is 5.31. The number of ether oxygens (including phenoxy) is 2. The van der Waals surface area contributed by atoms with E-state index < -0.39 is 17.5 Å². The summed E-state index contributed by atoms with van der Waals surface area (Å²) in [5.74, 6) is 0.455. The fraction of sp³-hybridized carbons (Fsp3) is 0.333. The molecule has 0 spiro atoms. The molecule has 0 radical (unpaired) electrons. The van der Waals surface area contributed by atoms with Crippen molar-refractivity contribution in [1.29, 1.82) is 0 Å². The van der Waals surface area contributed by atoms with E-state index >= 15 is 0 Å². The maximum Gasteiger partial charge on any atom is 0.417 e. The fourth-order valence-corrected chi connectivity index (χ4v) is 3.74. The molecule has 4 rings (SSSR count). The maximum absolute atomic E-state index is 14.8. The van der Waals surface area contributed by atoms with Crippen LogP contribution >= 0.6 is 15.9 Å². The summed E-state index contributed by atoms with van der Waals surface area (Å²) in [6, 6.07) is 2.92. The van der Waals surface area contributed by atoms with E-state index in [0.717, 1.165) is 5.56 Å². The van der Waals surface area contributed by atoms with Gasteiger partial charge in [-0.2, -0.15) is 0 Å². The van der Waals surface area contributed by atoms with Crippen LogP contribution in [0.1, 0.15) is 31.9 Å². The minimum atomic E-state index is -0.777. The number of amides is 1. The van der Waals surface area contributed by atoms with E-state index in [1.165, 1.54) is 27.8 Å². The SMILES string of the molecule is [C-]#[N+]c1cn2c(N(Cc3c(F)ccc4c3CCO4)C(=O)OC(C)(C)C)ncc(Br)c2n1. The highest BCUT2D eigenvalue weighted by Crippen LogP contribution is 2.33. The first-order valence-electron chi connectivity index (χ1n) is 9.52. The van der Waals surface area contributed by atoms with Crippen molar-refractivity contribution in [3.63, 3.8) is 0 Å². The first-order valence-corrected chi connectivity index (χ1v) is 10.3. The Labute approximate surface area is 186 Å².